The van der Waals surface area contributed by atoms with Gasteiger partial charge in [0, 0.05) is 23.4 Å². The fourth-order valence-electron chi connectivity index (χ4n) is 2.70. The van der Waals surface area contributed by atoms with Gasteiger partial charge < -0.3 is 9.47 Å². The van der Waals surface area contributed by atoms with E-state index in [-0.39, 0.29) is 10.9 Å². The van der Waals surface area contributed by atoms with Gasteiger partial charge in [0.05, 0.1) is 7.11 Å². The fourth-order valence-corrected chi connectivity index (χ4v) is 2.94. The van der Waals surface area contributed by atoms with Gasteiger partial charge in [-0.15, -0.1) is 0 Å². The Kier molecular flexibility index (Phi) is 5.89. The third kappa shape index (κ3) is 4.54. The third-order valence-corrected chi connectivity index (χ3v) is 4.03. The lowest BCUT2D eigenvalue weighted by Gasteiger charge is -2.16. The molecule has 0 N–H and O–H groups in total. The maximum absolute atomic E-state index is 12.6. The first-order chi connectivity index (χ1) is 13.1. The average Bonchev–Trinajstić information content (AvgIpc) is 2.68. The van der Waals surface area contributed by atoms with Crippen LogP contribution in [0.15, 0.2) is 78.6 Å². The summed E-state index contributed by atoms with van der Waals surface area (Å²) in [4.78, 5) is 16.7. The van der Waals surface area contributed by atoms with Crippen LogP contribution in [0.2, 0.25) is 5.15 Å². The number of halogens is 1. The minimum atomic E-state index is -0.580. The van der Waals surface area contributed by atoms with E-state index in [0.717, 1.165) is 11.1 Å². The van der Waals surface area contributed by atoms with Gasteiger partial charge in [-0.3, -0.25) is 0 Å². The highest BCUT2D eigenvalue weighted by Crippen LogP contribution is 2.30. The molecule has 1 heterocycles. The Balaban J connectivity index is 2.22. The number of carbonyl (C=O) groups excluding carboxylic acids is 1. The molecule has 0 radical (unpaired) electrons. The number of benzene rings is 2. The van der Waals surface area contributed by atoms with Gasteiger partial charge in [-0.05, 0) is 18.1 Å². The Bertz CT molecular complexity index is 908. The maximum Gasteiger partial charge on any atom is 0.374 e. The molecule has 27 heavy (non-hydrogen) atoms. The molecular formula is C22H18ClNO3. The highest BCUT2D eigenvalue weighted by atomic mass is 35.5. The lowest BCUT2D eigenvalue weighted by atomic mass is 9.96. The summed E-state index contributed by atoms with van der Waals surface area (Å²) < 4.78 is 11.0. The zero-order valence-electron chi connectivity index (χ0n) is 15.0. The van der Waals surface area contributed by atoms with Gasteiger partial charge in [0.15, 0.2) is 0 Å². The van der Waals surface area contributed by atoms with E-state index in [2.05, 4.69) is 4.98 Å². The van der Waals surface area contributed by atoms with Crippen molar-refractivity contribution in [3.8, 4) is 5.75 Å². The number of rotatable bonds is 5. The first-order valence-electron chi connectivity index (χ1n) is 8.34. The van der Waals surface area contributed by atoms with Crippen LogP contribution < -0.4 is 4.74 Å². The van der Waals surface area contributed by atoms with Crippen molar-refractivity contribution in [1.29, 1.82) is 0 Å². The van der Waals surface area contributed by atoms with Crippen LogP contribution in [0, 0.1) is 6.92 Å². The Labute approximate surface area is 163 Å². The Morgan fingerprint density at radius 3 is 1.96 bits per heavy atom. The molecule has 0 aliphatic carbocycles. The molecule has 3 aromatic rings. The van der Waals surface area contributed by atoms with Crippen molar-refractivity contribution in [3.63, 3.8) is 0 Å². The number of nitrogens with zero attached hydrogens (tertiary/aromatic N) is 1. The molecule has 3 rings (SSSR count). The summed E-state index contributed by atoms with van der Waals surface area (Å²) >= 11 is 6.04. The first-order valence-corrected chi connectivity index (χ1v) is 8.71. The highest BCUT2D eigenvalue weighted by Gasteiger charge is 2.22. The summed E-state index contributed by atoms with van der Waals surface area (Å²) in [5.74, 6) is -0.0860. The quantitative estimate of drug-likeness (QED) is 0.269. The molecule has 2 aromatic carbocycles. The van der Waals surface area contributed by atoms with Crippen molar-refractivity contribution in [2.24, 2.45) is 0 Å². The SMILES string of the molecule is COC(=O)C(Oc1cc(C)nc(Cl)c1)=C(c1ccccc1)c1ccccc1. The van der Waals surface area contributed by atoms with E-state index in [1.807, 2.05) is 60.7 Å². The molecule has 0 saturated heterocycles. The number of hydrogen-bond donors (Lipinski definition) is 0. The third-order valence-electron chi connectivity index (χ3n) is 3.84. The minimum absolute atomic E-state index is 0.0802. The van der Waals surface area contributed by atoms with E-state index in [1.165, 1.54) is 7.11 Å². The number of esters is 1. The Hall–Kier alpha value is -3.11. The van der Waals surface area contributed by atoms with Crippen molar-refractivity contribution in [2.45, 2.75) is 6.92 Å². The number of aryl methyl sites for hydroxylation is 1. The van der Waals surface area contributed by atoms with Gasteiger partial charge in [-0.1, -0.05) is 72.3 Å². The molecular weight excluding hydrogens is 362 g/mol. The van der Waals surface area contributed by atoms with Crippen LogP contribution in [0.25, 0.3) is 5.57 Å². The van der Waals surface area contributed by atoms with E-state index in [1.54, 1.807) is 19.1 Å². The molecule has 0 atom stereocenters. The Morgan fingerprint density at radius 2 is 1.48 bits per heavy atom. The number of pyridine rings is 1. The molecule has 0 saturated carbocycles. The monoisotopic (exact) mass is 379 g/mol. The molecule has 0 aliphatic rings. The second-order valence-corrected chi connectivity index (χ2v) is 6.18. The van der Waals surface area contributed by atoms with Crippen molar-refractivity contribution in [2.75, 3.05) is 7.11 Å². The van der Waals surface area contributed by atoms with Gasteiger partial charge in [0.1, 0.15) is 10.9 Å². The predicted octanol–water partition coefficient (Wildman–Crippen LogP) is 5.05. The normalized spacial score (nSPS) is 10.2. The van der Waals surface area contributed by atoms with E-state index in [4.69, 9.17) is 21.1 Å². The minimum Gasteiger partial charge on any atom is -0.463 e. The van der Waals surface area contributed by atoms with Gasteiger partial charge in [-0.25, -0.2) is 9.78 Å². The molecule has 0 spiro atoms. The van der Waals surface area contributed by atoms with Crippen molar-refractivity contribution >= 4 is 23.1 Å². The number of hydrogen-bond acceptors (Lipinski definition) is 4. The molecule has 0 amide bonds. The molecule has 0 bridgehead atoms. The number of methoxy groups -OCH3 is 1. The molecule has 0 fully saturated rings. The summed E-state index contributed by atoms with van der Waals surface area (Å²) in [6, 6.07) is 22.4. The van der Waals surface area contributed by atoms with Crippen LogP contribution in [-0.2, 0) is 9.53 Å². The molecule has 5 heteroatoms. The zero-order chi connectivity index (χ0) is 19.2. The summed E-state index contributed by atoms with van der Waals surface area (Å²) in [5, 5.41) is 0.287. The number of ether oxygens (including phenoxy) is 2. The summed E-state index contributed by atoms with van der Waals surface area (Å²) in [6.07, 6.45) is 0. The summed E-state index contributed by atoms with van der Waals surface area (Å²) in [5.41, 5.74) is 2.98. The van der Waals surface area contributed by atoms with Gasteiger partial charge in [0.2, 0.25) is 5.76 Å². The van der Waals surface area contributed by atoms with Crippen LogP contribution >= 0.6 is 11.6 Å². The first kappa shape index (κ1) is 18.7. The summed E-state index contributed by atoms with van der Waals surface area (Å²) in [6.45, 7) is 1.80. The smallest absolute Gasteiger partial charge is 0.374 e. The molecule has 4 nitrogen and oxygen atoms in total. The second kappa shape index (κ2) is 8.52. The van der Waals surface area contributed by atoms with Crippen molar-refractivity contribution in [3.05, 3.63) is 101 Å². The highest BCUT2D eigenvalue weighted by molar-refractivity contribution is 6.29. The lowest BCUT2D eigenvalue weighted by Crippen LogP contribution is -2.14. The van der Waals surface area contributed by atoms with Crippen LogP contribution in [0.5, 0.6) is 5.75 Å². The Morgan fingerprint density at radius 1 is 0.926 bits per heavy atom. The molecule has 1 aromatic heterocycles. The van der Waals surface area contributed by atoms with E-state index in [9.17, 15) is 4.79 Å². The average molecular weight is 380 g/mol. The number of carbonyl (C=O) groups is 1. The van der Waals surface area contributed by atoms with Crippen molar-refractivity contribution < 1.29 is 14.3 Å². The molecule has 0 unspecified atom stereocenters. The molecule has 0 aliphatic heterocycles. The predicted molar refractivity (Wildman–Crippen MR) is 106 cm³/mol. The number of aromatic nitrogens is 1. The standard InChI is InChI=1S/C22H18ClNO3/c1-15-13-18(14-19(23)24-15)27-21(22(25)26-2)20(16-9-5-3-6-10-16)17-11-7-4-8-12-17/h3-14H,1-2H3. The lowest BCUT2D eigenvalue weighted by molar-refractivity contribution is -0.138. The zero-order valence-corrected chi connectivity index (χ0v) is 15.7. The van der Waals surface area contributed by atoms with Gasteiger partial charge >= 0.3 is 5.97 Å². The largest absolute Gasteiger partial charge is 0.463 e. The molecule has 136 valence electrons. The van der Waals surface area contributed by atoms with E-state index in [0.29, 0.717) is 17.0 Å². The summed E-state index contributed by atoms with van der Waals surface area (Å²) in [7, 11) is 1.32. The van der Waals surface area contributed by atoms with Crippen molar-refractivity contribution in [1.82, 2.24) is 4.98 Å². The van der Waals surface area contributed by atoms with E-state index >= 15 is 0 Å². The van der Waals surface area contributed by atoms with Crippen LogP contribution in [-0.4, -0.2) is 18.1 Å². The maximum atomic E-state index is 12.6. The van der Waals surface area contributed by atoms with E-state index < -0.39 is 5.97 Å². The fraction of sp³-hybridized carbons (Fsp3) is 0.0909. The van der Waals surface area contributed by atoms with Crippen LogP contribution in [0.3, 0.4) is 0 Å². The van der Waals surface area contributed by atoms with Gasteiger partial charge in [-0.2, -0.15) is 0 Å². The van der Waals surface area contributed by atoms with Crippen LogP contribution in [0.4, 0.5) is 0 Å². The van der Waals surface area contributed by atoms with Crippen LogP contribution in [0.1, 0.15) is 16.8 Å². The van der Waals surface area contributed by atoms with Gasteiger partial charge in [0.25, 0.3) is 0 Å². The topological polar surface area (TPSA) is 48.4 Å². The second-order valence-electron chi connectivity index (χ2n) is 5.80.